The smallest absolute Gasteiger partial charge is 0.394 e. The Morgan fingerprint density at radius 2 is 2.00 bits per heavy atom. The monoisotopic (exact) mass is 600 g/mol. The first kappa shape index (κ1) is 30.0. The molecule has 6 heterocycles. The molecule has 0 spiro atoms. The van der Waals surface area contributed by atoms with Crippen molar-refractivity contribution in [1.29, 1.82) is 0 Å². The van der Waals surface area contributed by atoms with E-state index in [1.807, 2.05) is 22.8 Å². The van der Waals surface area contributed by atoms with Crippen molar-refractivity contribution in [3.05, 3.63) is 12.3 Å². The molecule has 4 bridgehead atoms. The number of nitrogens with one attached hydrogen (secondary N) is 3. The van der Waals surface area contributed by atoms with E-state index < -0.39 is 11.6 Å². The van der Waals surface area contributed by atoms with E-state index in [-0.39, 0.29) is 50.0 Å². The first-order chi connectivity index (χ1) is 19.6. The lowest BCUT2D eigenvalue weighted by atomic mass is 9.90. The molecule has 12 heteroatoms. The van der Waals surface area contributed by atoms with Crippen LogP contribution in [0.1, 0.15) is 84.2 Å². The lowest BCUT2D eigenvalue weighted by Crippen LogP contribution is -2.60. The van der Waals surface area contributed by atoms with Crippen molar-refractivity contribution in [3.63, 3.8) is 0 Å². The van der Waals surface area contributed by atoms with Crippen LogP contribution >= 0.6 is 11.9 Å². The molecule has 1 saturated carbocycles. The number of piperidine rings is 2. The molecule has 6 fully saturated rings. The SMILES string of the molecule is CC1(C)CC2CCCOC3CCC(CN3)SNCC3CCC(n4ccc(OCCC5(C(F)(F)F)CC5)n4)NC3N1C2. The molecule has 1 aliphatic carbocycles. The second kappa shape index (κ2) is 12.1. The molecule has 1 aromatic rings. The third-order valence-electron chi connectivity index (χ3n) is 10.2. The van der Waals surface area contributed by atoms with Crippen molar-refractivity contribution in [2.24, 2.45) is 17.3 Å². The largest absolute Gasteiger partial charge is 0.477 e. The number of halogens is 3. The Labute approximate surface area is 246 Å². The molecule has 7 unspecified atom stereocenters. The van der Waals surface area contributed by atoms with Crippen molar-refractivity contribution >= 4 is 11.9 Å². The molecule has 7 atom stereocenters. The lowest BCUT2D eigenvalue weighted by molar-refractivity contribution is -0.190. The number of rotatable bonds is 5. The highest BCUT2D eigenvalue weighted by atomic mass is 32.2. The zero-order valence-corrected chi connectivity index (χ0v) is 25.2. The second-order valence-electron chi connectivity index (χ2n) is 13.6. The molecule has 0 aromatic carbocycles. The van der Waals surface area contributed by atoms with Crippen LogP contribution in [0, 0.1) is 17.3 Å². The minimum absolute atomic E-state index is 0.00532. The summed E-state index contributed by atoms with van der Waals surface area (Å²) in [5, 5.41) is 12.7. The predicted octanol–water partition coefficient (Wildman–Crippen LogP) is 5.05. The summed E-state index contributed by atoms with van der Waals surface area (Å²) in [5.74, 6) is 1.50. The van der Waals surface area contributed by atoms with Gasteiger partial charge in [-0.1, -0.05) is 11.9 Å². The fourth-order valence-electron chi connectivity index (χ4n) is 7.48. The summed E-state index contributed by atoms with van der Waals surface area (Å²) in [6, 6.07) is 1.78. The molecular formula is C29H47F3N6O2S. The van der Waals surface area contributed by atoms with Crippen LogP contribution < -0.4 is 20.1 Å². The number of hydrogen-bond donors (Lipinski definition) is 3. The maximum absolute atomic E-state index is 13.3. The molecule has 1 aromatic heterocycles. The number of fused-ring (bicyclic) bond motifs is 7. The first-order valence-electron chi connectivity index (χ1n) is 15.6. The van der Waals surface area contributed by atoms with E-state index in [2.05, 4.69) is 39.2 Å². The summed E-state index contributed by atoms with van der Waals surface area (Å²) < 4.78 is 57.3. The van der Waals surface area contributed by atoms with E-state index in [4.69, 9.17) is 9.47 Å². The third-order valence-corrected chi connectivity index (χ3v) is 11.2. The van der Waals surface area contributed by atoms with Crippen LogP contribution in [-0.4, -0.2) is 76.9 Å². The topological polar surface area (TPSA) is 75.6 Å². The van der Waals surface area contributed by atoms with E-state index in [1.54, 1.807) is 6.07 Å². The molecule has 41 heavy (non-hydrogen) atoms. The van der Waals surface area contributed by atoms with Crippen molar-refractivity contribution in [1.82, 2.24) is 30.0 Å². The van der Waals surface area contributed by atoms with Gasteiger partial charge >= 0.3 is 6.18 Å². The Balaban J connectivity index is 1.11. The highest BCUT2D eigenvalue weighted by molar-refractivity contribution is 7.98. The summed E-state index contributed by atoms with van der Waals surface area (Å²) in [5.41, 5.74) is -1.46. The fourth-order valence-corrected chi connectivity index (χ4v) is 8.46. The molecule has 232 valence electrons. The quantitative estimate of drug-likeness (QED) is 0.406. The Hall–Kier alpha value is -1.05. The summed E-state index contributed by atoms with van der Waals surface area (Å²) in [4.78, 5) is 2.69. The molecule has 7 rings (SSSR count). The standard InChI is InChI=1S/C29H47F3N6O2S/c1-27(2)16-20-4-3-14-39-24-8-6-22(18-33-24)41-34-17-21-5-7-23(35-26(21)37(27)19-20)38-13-9-25(36-38)40-15-12-28(10-11-28)29(30,31)32/h9,13,20-24,26,33-35H,3-8,10-12,14-19H2,1-2H3. The van der Waals surface area contributed by atoms with Gasteiger partial charge in [0, 0.05) is 55.2 Å². The highest BCUT2D eigenvalue weighted by Crippen LogP contribution is 2.59. The minimum Gasteiger partial charge on any atom is -0.477 e. The molecule has 0 amide bonds. The van der Waals surface area contributed by atoms with E-state index in [9.17, 15) is 13.2 Å². The number of aromatic nitrogens is 2. The van der Waals surface area contributed by atoms with Crippen molar-refractivity contribution in [2.75, 3.05) is 32.8 Å². The van der Waals surface area contributed by atoms with E-state index in [0.29, 0.717) is 23.0 Å². The van der Waals surface area contributed by atoms with Crippen LogP contribution in [0.3, 0.4) is 0 Å². The Bertz CT molecular complexity index is 1010. The highest BCUT2D eigenvalue weighted by Gasteiger charge is 2.62. The molecule has 8 nitrogen and oxygen atoms in total. The van der Waals surface area contributed by atoms with Gasteiger partial charge in [0.2, 0.25) is 5.88 Å². The van der Waals surface area contributed by atoms with Crippen LogP contribution in [0.4, 0.5) is 13.2 Å². The zero-order chi connectivity index (χ0) is 28.7. The van der Waals surface area contributed by atoms with Gasteiger partial charge < -0.3 is 9.47 Å². The van der Waals surface area contributed by atoms with Crippen LogP contribution in [0.25, 0.3) is 0 Å². The van der Waals surface area contributed by atoms with Gasteiger partial charge in [-0.05, 0) is 84.0 Å². The van der Waals surface area contributed by atoms with Crippen molar-refractivity contribution in [3.8, 4) is 5.88 Å². The van der Waals surface area contributed by atoms with E-state index in [0.717, 1.165) is 58.3 Å². The summed E-state index contributed by atoms with van der Waals surface area (Å²) in [7, 11) is 0. The second-order valence-corrected chi connectivity index (χ2v) is 14.8. The van der Waals surface area contributed by atoms with Gasteiger partial charge in [0.05, 0.1) is 18.2 Å². The summed E-state index contributed by atoms with van der Waals surface area (Å²) >= 11 is 1.87. The molecule has 5 aliphatic heterocycles. The summed E-state index contributed by atoms with van der Waals surface area (Å²) in [6.45, 7) is 8.59. The van der Waals surface area contributed by atoms with Gasteiger partial charge in [-0.15, -0.1) is 5.10 Å². The third kappa shape index (κ3) is 6.87. The van der Waals surface area contributed by atoms with Crippen LogP contribution in [0.2, 0.25) is 0 Å². The van der Waals surface area contributed by atoms with Gasteiger partial charge in [-0.25, -0.2) is 0 Å². The van der Waals surface area contributed by atoms with Gasteiger partial charge in [0.1, 0.15) is 12.4 Å². The average Bonchev–Trinajstić information content (AvgIpc) is 3.48. The minimum atomic E-state index is -4.15. The van der Waals surface area contributed by atoms with Crippen molar-refractivity contribution in [2.45, 2.75) is 114 Å². The van der Waals surface area contributed by atoms with E-state index in [1.165, 1.54) is 12.8 Å². The zero-order valence-electron chi connectivity index (χ0n) is 24.4. The number of nitrogens with zero attached hydrogens (tertiary/aromatic N) is 3. The molecular weight excluding hydrogens is 553 g/mol. The number of alkyl halides is 3. The maximum Gasteiger partial charge on any atom is 0.394 e. The number of hydrogen-bond acceptors (Lipinski definition) is 8. The normalized spacial score (nSPS) is 37.4. The first-order valence-corrected chi connectivity index (χ1v) is 16.5. The fraction of sp³-hybridized carbons (Fsp3) is 0.897. The van der Waals surface area contributed by atoms with Crippen LogP contribution in [-0.2, 0) is 4.74 Å². The molecule has 6 aliphatic rings. The van der Waals surface area contributed by atoms with Crippen LogP contribution in [0.15, 0.2) is 12.3 Å². The summed E-state index contributed by atoms with van der Waals surface area (Å²) in [6.07, 6.45) is 6.24. The predicted molar refractivity (Wildman–Crippen MR) is 153 cm³/mol. The van der Waals surface area contributed by atoms with Gasteiger partial charge in [0.15, 0.2) is 0 Å². The molecule has 0 radical (unpaired) electrons. The van der Waals surface area contributed by atoms with E-state index >= 15 is 0 Å². The molecule has 3 N–H and O–H groups in total. The Kier molecular flexibility index (Phi) is 8.89. The lowest BCUT2D eigenvalue weighted by Gasteiger charge is -2.47. The van der Waals surface area contributed by atoms with Crippen LogP contribution in [0.5, 0.6) is 5.88 Å². The average molecular weight is 601 g/mol. The Morgan fingerprint density at radius 3 is 2.76 bits per heavy atom. The van der Waals surface area contributed by atoms with Gasteiger partial charge in [-0.3, -0.25) is 24.9 Å². The van der Waals surface area contributed by atoms with Gasteiger partial charge in [0.25, 0.3) is 0 Å². The van der Waals surface area contributed by atoms with Gasteiger partial charge in [-0.2, -0.15) is 13.2 Å². The molecule has 5 saturated heterocycles. The Morgan fingerprint density at radius 1 is 1.15 bits per heavy atom. The van der Waals surface area contributed by atoms with Crippen molar-refractivity contribution < 1.29 is 22.6 Å². The maximum atomic E-state index is 13.3. The number of ether oxygens (including phenoxy) is 2.